The van der Waals surface area contributed by atoms with Gasteiger partial charge in [0.25, 0.3) is 0 Å². The van der Waals surface area contributed by atoms with Crippen LogP contribution in [0.2, 0.25) is 0 Å². The van der Waals surface area contributed by atoms with Crippen LogP contribution in [-0.4, -0.2) is 52.2 Å². The first-order valence-corrected chi connectivity index (χ1v) is 9.40. The maximum atomic E-state index is 12.8. The molecule has 0 aromatic heterocycles. The van der Waals surface area contributed by atoms with E-state index >= 15 is 0 Å². The Balaban J connectivity index is 1.47. The molecule has 3 aliphatic rings. The second-order valence-corrected chi connectivity index (χ2v) is 8.14. The average molecular weight is 358 g/mol. The van der Waals surface area contributed by atoms with Crippen LogP contribution >= 0.6 is 0 Å². The maximum Gasteiger partial charge on any atom is 0.232 e. The van der Waals surface area contributed by atoms with E-state index in [-0.39, 0.29) is 30.1 Å². The Kier molecular flexibility index (Phi) is 4.28. The SMILES string of the molecule is Cc1ccc2c(c1C)NC(=O)[C@@H]2CC(=O)N1C[C@H]2C[C@H](O)[C@H](O)C[C@H]2C1. The van der Waals surface area contributed by atoms with E-state index in [2.05, 4.69) is 5.32 Å². The number of rotatable bonds is 2. The van der Waals surface area contributed by atoms with Crippen molar-refractivity contribution in [1.29, 1.82) is 0 Å². The summed E-state index contributed by atoms with van der Waals surface area (Å²) >= 11 is 0. The molecular weight excluding hydrogens is 332 g/mol. The summed E-state index contributed by atoms with van der Waals surface area (Å²) in [6.07, 6.45) is -0.122. The van der Waals surface area contributed by atoms with Crippen molar-refractivity contribution in [2.75, 3.05) is 18.4 Å². The molecule has 2 amide bonds. The Morgan fingerprint density at radius 1 is 1.15 bits per heavy atom. The van der Waals surface area contributed by atoms with Crippen LogP contribution in [0.4, 0.5) is 5.69 Å². The van der Waals surface area contributed by atoms with Crippen molar-refractivity contribution in [2.24, 2.45) is 11.8 Å². The summed E-state index contributed by atoms with van der Waals surface area (Å²) in [7, 11) is 0. The third kappa shape index (κ3) is 2.81. The van der Waals surface area contributed by atoms with Gasteiger partial charge in [-0.25, -0.2) is 0 Å². The Morgan fingerprint density at radius 3 is 2.38 bits per heavy atom. The van der Waals surface area contributed by atoms with Crippen molar-refractivity contribution >= 4 is 17.5 Å². The van der Waals surface area contributed by atoms with Crippen LogP contribution in [0, 0.1) is 25.7 Å². The number of carbonyl (C=O) groups excluding carboxylic acids is 2. The molecule has 2 heterocycles. The number of anilines is 1. The fourth-order valence-corrected chi connectivity index (χ4v) is 4.76. The summed E-state index contributed by atoms with van der Waals surface area (Å²) in [6, 6.07) is 3.95. The highest BCUT2D eigenvalue weighted by Crippen LogP contribution is 2.40. The normalized spacial score (nSPS) is 33.0. The van der Waals surface area contributed by atoms with Crippen molar-refractivity contribution in [3.05, 3.63) is 28.8 Å². The van der Waals surface area contributed by atoms with Crippen molar-refractivity contribution in [1.82, 2.24) is 4.90 Å². The van der Waals surface area contributed by atoms with Crippen molar-refractivity contribution in [3.63, 3.8) is 0 Å². The minimum atomic E-state index is -0.690. The first-order chi connectivity index (χ1) is 12.3. The van der Waals surface area contributed by atoms with Crippen LogP contribution in [0.3, 0.4) is 0 Å². The number of aliphatic hydroxyl groups is 2. The van der Waals surface area contributed by atoms with Gasteiger partial charge in [0.1, 0.15) is 0 Å². The molecule has 0 bridgehead atoms. The molecule has 1 aromatic carbocycles. The van der Waals surface area contributed by atoms with Crippen LogP contribution in [0.25, 0.3) is 0 Å². The standard InChI is InChI=1S/C20H26N2O4/c1-10-3-4-14-15(20(26)21-19(14)11(10)2)7-18(25)22-8-12-5-16(23)17(24)6-13(12)9-22/h3-4,12-13,15-17,23-24H,5-9H2,1-2H3,(H,21,26)/t12-,13+,15-,16+,17-/m1/s1. The lowest BCUT2D eigenvalue weighted by molar-refractivity contribution is -0.132. The summed E-state index contributed by atoms with van der Waals surface area (Å²) in [6.45, 7) is 5.22. The zero-order valence-corrected chi connectivity index (χ0v) is 15.2. The first kappa shape index (κ1) is 17.5. The molecule has 4 rings (SSSR count). The Morgan fingerprint density at radius 2 is 1.77 bits per heavy atom. The second kappa shape index (κ2) is 6.35. The quantitative estimate of drug-likeness (QED) is 0.744. The van der Waals surface area contributed by atoms with E-state index in [4.69, 9.17) is 0 Å². The van der Waals surface area contributed by atoms with Crippen LogP contribution < -0.4 is 5.32 Å². The van der Waals surface area contributed by atoms with Gasteiger partial charge >= 0.3 is 0 Å². The highest BCUT2D eigenvalue weighted by Gasteiger charge is 2.43. The Labute approximate surface area is 153 Å². The molecule has 6 heteroatoms. The lowest BCUT2D eigenvalue weighted by atomic mass is 9.79. The zero-order chi connectivity index (χ0) is 18.6. The van der Waals surface area contributed by atoms with Gasteiger partial charge in [0.05, 0.1) is 18.1 Å². The van der Waals surface area contributed by atoms with Crippen molar-refractivity contribution in [3.8, 4) is 0 Å². The van der Waals surface area contributed by atoms with Crippen LogP contribution in [-0.2, 0) is 9.59 Å². The molecule has 0 unspecified atom stereocenters. The third-order valence-corrected chi connectivity index (χ3v) is 6.55. The summed E-state index contributed by atoms with van der Waals surface area (Å²) in [5.74, 6) is -0.0754. The number of amides is 2. The highest BCUT2D eigenvalue weighted by molar-refractivity contribution is 6.05. The predicted octanol–water partition coefficient (Wildman–Crippen LogP) is 1.32. The largest absolute Gasteiger partial charge is 0.390 e. The van der Waals surface area contributed by atoms with Crippen LogP contribution in [0.5, 0.6) is 0 Å². The second-order valence-electron chi connectivity index (χ2n) is 8.14. The average Bonchev–Trinajstić information content (AvgIpc) is 3.13. The summed E-state index contributed by atoms with van der Waals surface area (Å²) in [5, 5.41) is 22.7. The van der Waals surface area contributed by atoms with Gasteiger partial charge in [-0.05, 0) is 55.2 Å². The van der Waals surface area contributed by atoms with Gasteiger partial charge in [0.2, 0.25) is 11.8 Å². The molecule has 3 N–H and O–H groups in total. The lowest BCUT2D eigenvalue weighted by Crippen LogP contribution is -2.38. The van der Waals surface area contributed by atoms with Gasteiger partial charge in [-0.1, -0.05) is 12.1 Å². The molecule has 0 radical (unpaired) electrons. The van der Waals surface area contributed by atoms with Gasteiger partial charge in [-0.15, -0.1) is 0 Å². The topological polar surface area (TPSA) is 89.9 Å². The number of carbonyl (C=O) groups is 2. The number of hydrogen-bond acceptors (Lipinski definition) is 4. The first-order valence-electron chi connectivity index (χ1n) is 9.40. The molecule has 2 fully saturated rings. The van der Waals surface area contributed by atoms with E-state index in [1.54, 1.807) is 0 Å². The number of aliphatic hydroxyl groups excluding tert-OH is 2. The molecule has 6 nitrogen and oxygen atoms in total. The maximum absolute atomic E-state index is 12.8. The van der Waals surface area contributed by atoms with Gasteiger partial charge < -0.3 is 20.4 Å². The zero-order valence-electron chi connectivity index (χ0n) is 15.2. The van der Waals surface area contributed by atoms with Crippen LogP contribution in [0.1, 0.15) is 41.9 Å². The number of likely N-dealkylation sites (tertiary alicyclic amines) is 1. The summed E-state index contributed by atoms with van der Waals surface area (Å²) in [4.78, 5) is 27.1. The van der Waals surface area contributed by atoms with Crippen LogP contribution in [0.15, 0.2) is 12.1 Å². The molecule has 26 heavy (non-hydrogen) atoms. The Bertz CT molecular complexity index is 744. The van der Waals surface area contributed by atoms with E-state index in [9.17, 15) is 19.8 Å². The molecular formula is C20H26N2O4. The Hall–Kier alpha value is -1.92. The minimum absolute atomic E-state index is 0.0189. The van der Waals surface area contributed by atoms with E-state index in [0.717, 1.165) is 22.4 Å². The molecule has 1 aromatic rings. The molecule has 1 saturated heterocycles. The number of benzene rings is 1. The monoisotopic (exact) mass is 358 g/mol. The number of hydrogen-bond donors (Lipinski definition) is 3. The fourth-order valence-electron chi connectivity index (χ4n) is 4.76. The van der Waals surface area contributed by atoms with Gasteiger partial charge in [-0.3, -0.25) is 9.59 Å². The summed E-state index contributed by atoms with van der Waals surface area (Å²) in [5.41, 5.74) is 3.95. The molecule has 2 aliphatic heterocycles. The van der Waals surface area contributed by atoms with Gasteiger partial charge in [0.15, 0.2) is 0 Å². The predicted molar refractivity (Wildman–Crippen MR) is 96.7 cm³/mol. The smallest absolute Gasteiger partial charge is 0.232 e. The number of nitrogens with one attached hydrogen (secondary N) is 1. The lowest BCUT2D eigenvalue weighted by Gasteiger charge is -2.31. The van der Waals surface area contributed by atoms with Gasteiger partial charge in [-0.2, -0.15) is 0 Å². The van der Waals surface area contributed by atoms with E-state index < -0.39 is 18.1 Å². The van der Waals surface area contributed by atoms with Gasteiger partial charge in [0, 0.05) is 25.2 Å². The number of nitrogens with zero attached hydrogens (tertiary/aromatic N) is 1. The molecule has 1 saturated carbocycles. The van der Waals surface area contributed by atoms with E-state index in [1.807, 2.05) is 30.9 Å². The molecule has 140 valence electrons. The highest BCUT2D eigenvalue weighted by atomic mass is 16.3. The molecule has 0 spiro atoms. The molecule has 1 aliphatic carbocycles. The summed E-state index contributed by atoms with van der Waals surface area (Å²) < 4.78 is 0. The van der Waals surface area contributed by atoms with E-state index in [1.165, 1.54) is 0 Å². The fraction of sp³-hybridized carbons (Fsp3) is 0.600. The third-order valence-electron chi connectivity index (χ3n) is 6.55. The van der Waals surface area contributed by atoms with E-state index in [0.29, 0.717) is 25.9 Å². The number of fused-ring (bicyclic) bond motifs is 2. The van der Waals surface area contributed by atoms with Crippen molar-refractivity contribution < 1.29 is 19.8 Å². The minimum Gasteiger partial charge on any atom is -0.390 e. The van der Waals surface area contributed by atoms with Crippen molar-refractivity contribution in [2.45, 2.75) is 51.2 Å². The molecule has 5 atom stereocenters. The number of aryl methyl sites for hydroxylation is 1.